The van der Waals surface area contributed by atoms with Gasteiger partial charge < -0.3 is 29.5 Å². The lowest BCUT2D eigenvalue weighted by Gasteiger charge is -2.58. The minimum Gasteiger partial charge on any atom is -0.463 e. The first-order valence-electron chi connectivity index (χ1n) is 24.7. The van der Waals surface area contributed by atoms with Gasteiger partial charge in [-0.25, -0.2) is 0 Å². The molecule has 0 bridgehead atoms. The molecule has 3 saturated carbocycles. The van der Waals surface area contributed by atoms with Crippen molar-refractivity contribution in [1.82, 2.24) is 0 Å². The van der Waals surface area contributed by atoms with Crippen molar-refractivity contribution < 1.29 is 34.3 Å². The van der Waals surface area contributed by atoms with Gasteiger partial charge in [0.2, 0.25) is 0 Å². The largest absolute Gasteiger partial charge is 0.463 e. The third kappa shape index (κ3) is 12.4. The highest BCUT2D eigenvalue weighted by Crippen LogP contribution is 2.67. The fourth-order valence-electron chi connectivity index (χ4n) is 12.7. The fourth-order valence-corrected chi connectivity index (χ4v) is 12.7. The molecule has 4 fully saturated rings. The Balaban J connectivity index is 1.01. The Morgan fingerprint density at radius 1 is 0.810 bits per heavy atom. The number of fused-ring (bicyclic) bond motifs is 5. The number of aliphatic hydroxyl groups is 3. The van der Waals surface area contributed by atoms with Crippen molar-refractivity contribution >= 4 is 5.97 Å². The first-order chi connectivity index (χ1) is 27.9. The van der Waals surface area contributed by atoms with Crippen LogP contribution in [-0.4, -0.2) is 64.7 Å². The lowest BCUT2D eigenvalue weighted by molar-refractivity contribution is -0.313. The van der Waals surface area contributed by atoms with E-state index < -0.39 is 30.7 Å². The summed E-state index contributed by atoms with van der Waals surface area (Å²) in [5, 5.41) is 32.5. The number of hydrogen-bond donors (Lipinski definition) is 3. The van der Waals surface area contributed by atoms with Gasteiger partial charge in [0.25, 0.3) is 0 Å². The van der Waals surface area contributed by atoms with E-state index in [1.54, 1.807) is 0 Å². The van der Waals surface area contributed by atoms with Crippen LogP contribution in [0.5, 0.6) is 0 Å². The van der Waals surface area contributed by atoms with Crippen molar-refractivity contribution in [2.75, 3.05) is 6.61 Å². The third-order valence-corrected chi connectivity index (χ3v) is 16.3. The second-order valence-electron chi connectivity index (χ2n) is 20.8. The van der Waals surface area contributed by atoms with Gasteiger partial charge in [0.05, 0.1) is 6.10 Å². The Labute approximate surface area is 354 Å². The van der Waals surface area contributed by atoms with Crippen LogP contribution in [0.1, 0.15) is 202 Å². The van der Waals surface area contributed by atoms with E-state index in [1.165, 1.54) is 102 Å². The van der Waals surface area contributed by atoms with Crippen molar-refractivity contribution in [2.45, 2.75) is 239 Å². The van der Waals surface area contributed by atoms with E-state index in [0.717, 1.165) is 87.4 Å². The first kappa shape index (κ1) is 47.8. The standard InChI is InChI=1S/C51H88O7/c1-7-8-9-10-11-12-13-14-15-16-17-18-19-20-21-25-45(52)56-35-44-46(53)47(54)48(55)49(58-44)57-39-30-32-50(5)38(34-39)26-27-40-42-29-28-41(37(4)24-22-23-36(2)3)51(42,6)33-31-43(40)50/h14-15,26,36-37,39-44,46-49,53-55H,7-13,16-25,27-35H2,1-6H3/b15-14-/t37-,39?,40+,41-,42+,43+,44-,46+,47+,48-,49-,50+,51-/m1/s1. The van der Waals surface area contributed by atoms with E-state index in [4.69, 9.17) is 14.2 Å². The van der Waals surface area contributed by atoms with Crippen LogP contribution < -0.4 is 0 Å². The van der Waals surface area contributed by atoms with E-state index in [2.05, 4.69) is 59.8 Å². The number of aliphatic hydroxyl groups excluding tert-OH is 3. The van der Waals surface area contributed by atoms with Crippen molar-refractivity contribution in [2.24, 2.45) is 46.3 Å². The van der Waals surface area contributed by atoms with Crippen LogP contribution in [-0.2, 0) is 19.0 Å². The zero-order valence-corrected chi connectivity index (χ0v) is 38.0. The Hall–Kier alpha value is -1.25. The topological polar surface area (TPSA) is 105 Å². The van der Waals surface area contributed by atoms with Gasteiger partial charge in [-0.15, -0.1) is 0 Å². The van der Waals surface area contributed by atoms with E-state index in [9.17, 15) is 20.1 Å². The summed E-state index contributed by atoms with van der Waals surface area (Å²) in [6.45, 7) is 14.5. The van der Waals surface area contributed by atoms with Crippen molar-refractivity contribution in [3.8, 4) is 0 Å². The Morgan fingerprint density at radius 3 is 2.21 bits per heavy atom. The molecule has 5 rings (SSSR count). The molecular weight excluding hydrogens is 725 g/mol. The second kappa shape index (κ2) is 23.3. The minimum atomic E-state index is -1.44. The number of carbonyl (C=O) groups is 1. The van der Waals surface area contributed by atoms with Gasteiger partial charge in [-0.2, -0.15) is 0 Å². The molecule has 7 heteroatoms. The summed E-state index contributed by atoms with van der Waals surface area (Å²) in [6, 6.07) is 0. The smallest absolute Gasteiger partial charge is 0.305 e. The molecule has 1 saturated heterocycles. The molecule has 0 aromatic carbocycles. The number of carbonyl (C=O) groups excluding carboxylic acids is 1. The molecule has 1 heterocycles. The second-order valence-corrected chi connectivity index (χ2v) is 20.8. The normalized spacial score (nSPS) is 36.7. The van der Waals surface area contributed by atoms with Crippen molar-refractivity contribution in [3.63, 3.8) is 0 Å². The molecule has 0 radical (unpaired) electrons. The summed E-state index contributed by atoms with van der Waals surface area (Å²) in [7, 11) is 0. The predicted octanol–water partition coefficient (Wildman–Crippen LogP) is 11.8. The van der Waals surface area contributed by atoms with Crippen LogP contribution in [0.15, 0.2) is 23.8 Å². The van der Waals surface area contributed by atoms with Gasteiger partial charge in [0.1, 0.15) is 31.0 Å². The average molecular weight is 813 g/mol. The highest BCUT2D eigenvalue weighted by molar-refractivity contribution is 5.69. The van der Waals surface area contributed by atoms with E-state index in [1.807, 2.05) is 0 Å². The molecule has 7 nitrogen and oxygen atoms in total. The van der Waals surface area contributed by atoms with Gasteiger partial charge in [-0.3, -0.25) is 4.79 Å². The number of rotatable bonds is 24. The molecule has 0 amide bonds. The summed E-state index contributed by atoms with van der Waals surface area (Å²) >= 11 is 0. The summed E-state index contributed by atoms with van der Waals surface area (Å²) in [4.78, 5) is 12.6. The maximum atomic E-state index is 12.6. The van der Waals surface area contributed by atoms with E-state index in [0.29, 0.717) is 17.8 Å². The molecule has 0 aromatic heterocycles. The predicted molar refractivity (Wildman–Crippen MR) is 235 cm³/mol. The zero-order chi connectivity index (χ0) is 41.7. The van der Waals surface area contributed by atoms with Gasteiger partial charge in [0, 0.05) is 6.42 Å². The Bertz CT molecular complexity index is 1280. The Morgan fingerprint density at radius 2 is 1.50 bits per heavy atom. The lowest BCUT2D eigenvalue weighted by Crippen LogP contribution is -2.60. The van der Waals surface area contributed by atoms with Crippen LogP contribution >= 0.6 is 0 Å². The molecule has 58 heavy (non-hydrogen) atoms. The maximum Gasteiger partial charge on any atom is 0.305 e. The van der Waals surface area contributed by atoms with Crippen molar-refractivity contribution in [1.29, 1.82) is 0 Å². The highest BCUT2D eigenvalue weighted by atomic mass is 16.7. The number of esters is 1. The summed E-state index contributed by atoms with van der Waals surface area (Å²) in [5.41, 5.74) is 2.14. The van der Waals surface area contributed by atoms with Crippen LogP contribution in [0.25, 0.3) is 0 Å². The number of allylic oxidation sites excluding steroid dienone is 3. The fraction of sp³-hybridized carbons (Fsp3) is 0.902. The van der Waals surface area contributed by atoms with Crippen LogP contribution in [0.2, 0.25) is 0 Å². The molecule has 1 aliphatic heterocycles. The number of hydrogen-bond acceptors (Lipinski definition) is 7. The summed E-state index contributed by atoms with van der Waals surface area (Å²) < 4.78 is 18.0. The summed E-state index contributed by atoms with van der Waals surface area (Å²) in [5.74, 6) is 4.43. The van der Waals surface area contributed by atoms with Gasteiger partial charge in [-0.05, 0) is 130 Å². The molecule has 334 valence electrons. The first-order valence-corrected chi connectivity index (χ1v) is 24.7. The van der Waals surface area contributed by atoms with Gasteiger partial charge in [0.15, 0.2) is 6.29 Å². The number of ether oxygens (including phenoxy) is 3. The molecule has 0 spiro atoms. The van der Waals surface area contributed by atoms with Crippen LogP contribution in [0.3, 0.4) is 0 Å². The van der Waals surface area contributed by atoms with Gasteiger partial charge >= 0.3 is 5.97 Å². The summed E-state index contributed by atoms with van der Waals surface area (Å²) in [6.07, 6.45) is 30.2. The van der Waals surface area contributed by atoms with Gasteiger partial charge in [-0.1, -0.05) is 136 Å². The zero-order valence-electron chi connectivity index (χ0n) is 38.0. The van der Waals surface area contributed by atoms with E-state index in [-0.39, 0.29) is 24.1 Å². The van der Waals surface area contributed by atoms with E-state index >= 15 is 0 Å². The quantitative estimate of drug-likeness (QED) is 0.0506. The molecule has 5 aliphatic rings. The highest BCUT2D eigenvalue weighted by Gasteiger charge is 2.59. The van der Waals surface area contributed by atoms with Crippen molar-refractivity contribution in [3.05, 3.63) is 23.8 Å². The third-order valence-electron chi connectivity index (χ3n) is 16.3. The van der Waals surface area contributed by atoms with Crippen LogP contribution in [0, 0.1) is 46.3 Å². The minimum absolute atomic E-state index is 0.140. The Kier molecular flexibility index (Phi) is 19.2. The monoisotopic (exact) mass is 813 g/mol. The molecule has 3 N–H and O–H groups in total. The molecule has 4 aliphatic carbocycles. The molecule has 0 aromatic rings. The SMILES string of the molecule is CCCCCCCC/C=C\CCCCCCCC(=O)OC[C@H]1O[C@@H](OC2CC[C@@]3(C)C(=CC[C@H]4[C@@H]5CC[C@H]([C@H](C)CCCC(C)C)[C@@]5(C)CC[C@@H]43)C2)[C@H](O)[C@@H](O)[C@H]1O. The maximum absolute atomic E-state index is 12.6. The molecular formula is C51H88O7. The molecule has 1 unspecified atom stereocenters. The lowest BCUT2D eigenvalue weighted by atomic mass is 9.47. The number of unbranched alkanes of at least 4 members (excludes halogenated alkanes) is 11. The van der Waals surface area contributed by atoms with Crippen LogP contribution in [0.4, 0.5) is 0 Å². The average Bonchev–Trinajstić information content (AvgIpc) is 3.56. The molecule has 13 atom stereocenters.